The number of nitrogens with one attached hydrogen (secondary N) is 5. The van der Waals surface area contributed by atoms with Crippen LogP contribution in [0.1, 0.15) is 158 Å². The van der Waals surface area contributed by atoms with Crippen LogP contribution in [0.25, 0.3) is 45.0 Å². The van der Waals surface area contributed by atoms with Gasteiger partial charge in [0.25, 0.3) is 29.5 Å². The summed E-state index contributed by atoms with van der Waals surface area (Å²) in [5.41, 5.74) is 39.5. The van der Waals surface area contributed by atoms with Gasteiger partial charge in [-0.15, -0.1) is 6.58 Å². The van der Waals surface area contributed by atoms with E-state index in [2.05, 4.69) is 115 Å². The standard InChI is InChI=1S/C37H43N5O3.C29H32N4O3.C26H26ClN5O2.C23H24N4O2.CH4/c1-25(43)41-19-16-26(17-20-41)24-42-35(44)37(2,40-36(42)38)31-9-6-8-29(21-31)34-22-32(45-3)14-13-30(34)23-39-18-15-28-12-11-27-7-4-5-10-33(27)28;1-28(2,3)36-27(35)31-17-16-20-10-8-11-21(18-20)22-12-9-15-24(19-22)29(23-13-6-5-7-14-23)25(34)33(4)26(30)32-29;1-26(23(33)32(2)24(28)31-26)20-10-6-9-18(13-20)22-14-21(27)12-11-19(22)16-30-25(34)29-15-17-7-4-3-5-8-17;1-4-12-25-20(28)18-10-6-9-17(13-18)15-27-21(29)23(3,26-22(27)24)19-11-7-8-16(5-2)14-19;/h4-10,12-14,21-22,26,39H,11,15-20,23-24H2,1-3H3,(H2,38,40);5-15,18-19H,16-17H2,1-4H3,(H2,30,32)(H,31,35);3-14H,15-16H2,1-2H3,(H2,28,31)(H2,29,30,34);4-11,13-14H,1-2,12,15H2,3H3,(H2,24,26)(H,25,28);1H4. The molecule has 1 aliphatic carbocycles. The molecule has 0 spiro atoms. The van der Waals surface area contributed by atoms with Crippen LogP contribution in [0.4, 0.5) is 9.59 Å². The van der Waals surface area contributed by atoms with Crippen molar-refractivity contribution in [2.75, 3.05) is 60.5 Å². The van der Waals surface area contributed by atoms with Crippen LogP contribution in [0.3, 0.4) is 0 Å². The molecule has 5 aliphatic heterocycles. The number of ether oxygens (including phenoxy) is 2. The number of benzene rings is 11. The van der Waals surface area contributed by atoms with Gasteiger partial charge in [-0.25, -0.2) is 29.6 Å². The summed E-state index contributed by atoms with van der Waals surface area (Å²) in [5.74, 6) is 1.04. The monoisotopic (exact) mass is 1970 g/mol. The van der Waals surface area contributed by atoms with Gasteiger partial charge in [0, 0.05) is 84.0 Å². The summed E-state index contributed by atoms with van der Waals surface area (Å²) in [5, 5.41) is 15.5. The molecule has 4 unspecified atom stereocenters. The Labute approximate surface area is 853 Å². The van der Waals surface area contributed by atoms with Crippen molar-refractivity contribution >= 4 is 94.7 Å². The summed E-state index contributed by atoms with van der Waals surface area (Å²) in [6.07, 6.45) is 9.60. The van der Waals surface area contributed by atoms with Crippen molar-refractivity contribution < 1.29 is 47.8 Å². The first kappa shape index (κ1) is 106. The highest BCUT2D eigenvalue weighted by molar-refractivity contribution is 6.31. The lowest BCUT2D eigenvalue weighted by atomic mass is 9.81. The van der Waals surface area contributed by atoms with Crippen LogP contribution in [0, 0.1) is 5.92 Å². The number of methoxy groups -OCH3 is 1. The van der Waals surface area contributed by atoms with Crippen LogP contribution in [-0.2, 0) is 89.9 Å². The van der Waals surface area contributed by atoms with Gasteiger partial charge in [-0.1, -0.05) is 250 Å². The number of likely N-dealkylation sites (N-methyl/N-ethyl adjacent to an activating group) is 2. The molecule has 0 aromatic heterocycles. The number of carbonyl (C=O) groups excluding carboxylic acids is 8. The molecule has 5 heterocycles. The maximum atomic E-state index is 13.9. The molecule has 17 rings (SSSR count). The second-order valence-electron chi connectivity index (χ2n) is 37.7. The lowest BCUT2D eigenvalue weighted by molar-refractivity contribution is -0.133. The number of urea groups is 1. The Morgan fingerprint density at radius 3 is 1.67 bits per heavy atom. The summed E-state index contributed by atoms with van der Waals surface area (Å²) in [7, 11) is 4.93. The molecule has 6 aliphatic rings. The molecule has 0 saturated carbocycles. The third-order valence-electron chi connectivity index (χ3n) is 26.5. The predicted molar refractivity (Wildman–Crippen MR) is 576 cm³/mol. The number of piperidine rings is 1. The van der Waals surface area contributed by atoms with Gasteiger partial charge in [0.2, 0.25) is 5.91 Å². The van der Waals surface area contributed by atoms with E-state index in [-0.39, 0.29) is 85.2 Å². The number of allylic oxidation sites excluding steroid dienone is 1. The largest absolute Gasteiger partial charge is 0.497 e. The Kier molecular flexibility index (Phi) is 34.3. The fraction of sp³-hybridized carbons (Fsp3) is 0.276. The van der Waals surface area contributed by atoms with Gasteiger partial charge in [-0.2, -0.15) is 0 Å². The molecule has 145 heavy (non-hydrogen) atoms. The molecule has 0 bridgehead atoms. The number of guanidine groups is 4. The average Bonchev–Trinajstić information content (AvgIpc) is 1.57. The Morgan fingerprint density at radius 1 is 0.503 bits per heavy atom. The van der Waals surface area contributed by atoms with Gasteiger partial charge < -0.3 is 63.9 Å². The van der Waals surface area contributed by atoms with Crippen molar-refractivity contribution in [1.82, 2.24) is 51.1 Å². The lowest BCUT2D eigenvalue weighted by Crippen LogP contribution is -2.46. The minimum Gasteiger partial charge on any atom is -0.497 e. The van der Waals surface area contributed by atoms with Crippen LogP contribution in [0.2, 0.25) is 5.02 Å². The first-order chi connectivity index (χ1) is 69.0. The van der Waals surface area contributed by atoms with E-state index in [9.17, 15) is 38.4 Å². The Hall–Kier alpha value is -16.1. The zero-order chi connectivity index (χ0) is 103. The molecule has 11 aromatic carbocycles. The van der Waals surface area contributed by atoms with E-state index in [1.165, 1.54) is 31.4 Å². The molecule has 9 amide bonds. The Bertz CT molecular complexity index is 6830. The molecular weight excluding hydrogens is 1840 g/mol. The van der Waals surface area contributed by atoms with Gasteiger partial charge in [-0.05, 0) is 258 Å². The predicted octanol–water partition coefficient (Wildman–Crippen LogP) is 17.0. The summed E-state index contributed by atoms with van der Waals surface area (Å²) in [6, 6.07) is 85.5. The Morgan fingerprint density at radius 2 is 1.03 bits per heavy atom. The minimum absolute atomic E-state index is 0. The fourth-order valence-corrected chi connectivity index (χ4v) is 18.6. The van der Waals surface area contributed by atoms with E-state index in [1.807, 2.05) is 221 Å². The Balaban J connectivity index is 0.000000164. The molecule has 4 atom stereocenters. The van der Waals surface area contributed by atoms with E-state index in [0.717, 1.165) is 133 Å². The number of amides is 9. The molecule has 1 fully saturated rings. The normalized spacial score (nSPS) is 18.3. The highest BCUT2D eigenvalue weighted by atomic mass is 35.5. The van der Waals surface area contributed by atoms with Crippen LogP contribution >= 0.6 is 11.6 Å². The number of hydrogen-bond donors (Lipinski definition) is 9. The van der Waals surface area contributed by atoms with Crippen molar-refractivity contribution in [2.24, 2.45) is 48.8 Å². The first-order valence-electron chi connectivity index (χ1n) is 48.0. The van der Waals surface area contributed by atoms with Crippen molar-refractivity contribution in [1.29, 1.82) is 0 Å². The summed E-state index contributed by atoms with van der Waals surface area (Å²) in [4.78, 5) is 128. The highest BCUT2D eigenvalue weighted by Crippen LogP contribution is 2.44. The number of nitrogens with zero attached hydrogens (tertiary/aromatic N) is 9. The molecule has 1 saturated heterocycles. The quantitative estimate of drug-likeness (QED) is 0.0155. The van der Waals surface area contributed by atoms with E-state index >= 15 is 0 Å². The van der Waals surface area contributed by atoms with E-state index in [1.54, 1.807) is 83.3 Å². The van der Waals surface area contributed by atoms with Crippen molar-refractivity contribution in [2.45, 2.75) is 142 Å². The van der Waals surface area contributed by atoms with E-state index in [0.29, 0.717) is 69.4 Å². The number of carbonyl (C=O) groups is 8. The van der Waals surface area contributed by atoms with Gasteiger partial charge in [-0.3, -0.25) is 48.4 Å². The van der Waals surface area contributed by atoms with Gasteiger partial charge >= 0.3 is 12.1 Å². The SMILES string of the molecule is C.C=CCNC(=O)c1cccc(CN2C(=O)C(C)(c3cccc(C=C)c3)N=C2N)c1.CN1C(=O)C(C)(c2cccc(-c3cc(Cl)ccc3CNC(=O)NCc3ccccc3)c2)N=C1N.CN1C(=O)C(c2ccccc2)(c2cccc(-c3cccc(CCNC(=O)OC(C)(C)C)c3)c2)N=C1N.COc1ccc(CNCCC2=CCc3ccccc32)c(-c2cccc(C3(C)N=C(N)N(CC4CCN(C(C)=O)CC4)C3=O)c2)c1. The van der Waals surface area contributed by atoms with Crippen LogP contribution in [0.15, 0.2) is 312 Å². The van der Waals surface area contributed by atoms with Crippen molar-refractivity contribution in [3.05, 3.63) is 375 Å². The fourth-order valence-electron chi connectivity index (χ4n) is 18.4. The molecule has 11 aromatic rings. The molecule has 29 heteroatoms. The number of likely N-dealkylation sites (tertiary alicyclic amines) is 1. The topological polar surface area (TPSA) is 385 Å². The number of hydrogen-bond acceptors (Lipinski definition) is 19. The zero-order valence-corrected chi connectivity index (χ0v) is 83.8. The number of alkyl carbamates (subject to hydrolysis) is 1. The summed E-state index contributed by atoms with van der Waals surface area (Å²) >= 11 is 6.30. The van der Waals surface area contributed by atoms with Crippen molar-refractivity contribution in [3.63, 3.8) is 0 Å². The van der Waals surface area contributed by atoms with Gasteiger partial charge in [0.1, 0.15) is 11.4 Å². The van der Waals surface area contributed by atoms with E-state index < -0.39 is 33.8 Å². The smallest absolute Gasteiger partial charge is 0.407 e. The molecule has 750 valence electrons. The molecule has 28 nitrogen and oxygen atoms in total. The highest BCUT2D eigenvalue weighted by Gasteiger charge is 2.51. The zero-order valence-electron chi connectivity index (χ0n) is 83.0. The van der Waals surface area contributed by atoms with Crippen molar-refractivity contribution in [3.8, 4) is 39.1 Å². The maximum absolute atomic E-state index is 13.9. The number of fused-ring (bicyclic) bond motifs is 1. The number of aliphatic imine (C=N–C) groups is 4. The minimum atomic E-state index is -1.23. The second kappa shape index (κ2) is 46.8. The maximum Gasteiger partial charge on any atom is 0.407 e. The van der Waals surface area contributed by atoms with Crippen LogP contribution in [-0.4, -0.2) is 162 Å². The lowest BCUT2D eigenvalue weighted by Gasteiger charge is -2.33. The number of nitrogens with two attached hydrogens (primary N) is 4. The van der Waals surface area contributed by atoms with Crippen LogP contribution < -0.4 is 54.3 Å². The van der Waals surface area contributed by atoms with E-state index in [4.69, 9.17) is 49.0 Å². The first-order valence-corrected chi connectivity index (χ1v) is 48.4. The molecular formula is C116H129ClN18O10. The summed E-state index contributed by atoms with van der Waals surface area (Å²) < 4.78 is 10.9. The molecule has 13 N–H and O–H groups in total. The molecule has 0 radical (unpaired) electrons. The number of rotatable bonds is 29. The summed E-state index contributed by atoms with van der Waals surface area (Å²) in [6.45, 7) is 25.2. The van der Waals surface area contributed by atoms with Crippen LogP contribution in [0.5, 0.6) is 5.75 Å². The third kappa shape index (κ3) is 24.8. The second-order valence-corrected chi connectivity index (χ2v) is 38.1. The van der Waals surface area contributed by atoms with Gasteiger partial charge in [0.05, 0.1) is 13.7 Å². The number of halogens is 1. The average molecular weight is 1970 g/mol. The van der Waals surface area contributed by atoms with Gasteiger partial charge in [0.15, 0.2) is 46.0 Å². The third-order valence-corrected chi connectivity index (χ3v) is 26.8.